The van der Waals surface area contributed by atoms with Gasteiger partial charge in [-0.15, -0.1) is 0 Å². The van der Waals surface area contributed by atoms with E-state index in [1.807, 2.05) is 31.0 Å². The van der Waals surface area contributed by atoms with Crippen molar-refractivity contribution in [3.63, 3.8) is 0 Å². The van der Waals surface area contributed by atoms with E-state index in [9.17, 15) is 0 Å². The zero-order valence-electron chi connectivity index (χ0n) is 8.54. The number of anilines is 1. The van der Waals surface area contributed by atoms with Crippen LogP contribution in [0.25, 0.3) is 0 Å². The Morgan fingerprint density at radius 2 is 2.14 bits per heavy atom. The Kier molecular flexibility index (Phi) is 3.96. The number of hydrogen-bond acceptors (Lipinski definition) is 3. The molecule has 0 aromatic heterocycles. The van der Waals surface area contributed by atoms with E-state index < -0.39 is 0 Å². The first kappa shape index (κ1) is 11.5. The van der Waals surface area contributed by atoms with Crippen LogP contribution in [0.2, 0.25) is 5.02 Å². The third-order valence-electron chi connectivity index (χ3n) is 2.08. The number of thiol groups is 1. The molecule has 1 rings (SSSR count). The maximum Gasteiger partial charge on any atom is 0.142 e. The average Bonchev–Trinajstić information content (AvgIpc) is 2.20. The van der Waals surface area contributed by atoms with Gasteiger partial charge in [-0.2, -0.15) is 12.6 Å². The summed E-state index contributed by atoms with van der Waals surface area (Å²) in [5, 5.41) is 0.745. The first-order valence-corrected chi connectivity index (χ1v) is 5.27. The van der Waals surface area contributed by atoms with Crippen molar-refractivity contribution in [2.45, 2.75) is 6.92 Å². The van der Waals surface area contributed by atoms with Gasteiger partial charge in [0.25, 0.3) is 0 Å². The number of hydrogen-bond donors (Lipinski definition) is 1. The highest BCUT2D eigenvalue weighted by atomic mass is 35.5. The summed E-state index contributed by atoms with van der Waals surface area (Å²) in [6, 6.07) is 3.82. The predicted molar refractivity (Wildman–Crippen MR) is 65.0 cm³/mol. The Labute approximate surface area is 95.2 Å². The molecule has 0 spiro atoms. The predicted octanol–water partition coefficient (Wildman–Crippen LogP) is 2.98. The van der Waals surface area contributed by atoms with Crippen LogP contribution >= 0.6 is 24.2 Å². The van der Waals surface area contributed by atoms with Crippen molar-refractivity contribution in [2.75, 3.05) is 24.9 Å². The lowest BCUT2D eigenvalue weighted by Gasteiger charge is -2.20. The van der Waals surface area contributed by atoms with Crippen LogP contribution in [0.4, 0.5) is 5.69 Å². The molecular weight excluding hydrogens is 218 g/mol. The summed E-state index contributed by atoms with van der Waals surface area (Å²) in [6.07, 6.45) is 0. The fourth-order valence-electron chi connectivity index (χ4n) is 1.18. The molecule has 0 radical (unpaired) electrons. The van der Waals surface area contributed by atoms with Crippen LogP contribution in [-0.4, -0.2) is 20.0 Å². The van der Waals surface area contributed by atoms with Gasteiger partial charge in [-0.05, 0) is 24.6 Å². The summed E-state index contributed by atoms with van der Waals surface area (Å²) < 4.78 is 5.27. The standard InChI is InChI=1S/C10H14ClNOS/c1-7-4-10(13-3)9(5-8(7)11)12(2)6-14/h4-5,14H,6H2,1-3H3. The molecule has 78 valence electrons. The van der Waals surface area contributed by atoms with E-state index in [0.29, 0.717) is 5.88 Å². The smallest absolute Gasteiger partial charge is 0.142 e. The quantitative estimate of drug-likeness (QED) is 0.634. The second kappa shape index (κ2) is 4.80. The first-order chi connectivity index (χ1) is 6.60. The lowest BCUT2D eigenvalue weighted by atomic mass is 10.2. The molecule has 0 heterocycles. The van der Waals surface area contributed by atoms with E-state index in [1.54, 1.807) is 7.11 Å². The number of methoxy groups -OCH3 is 1. The first-order valence-electron chi connectivity index (χ1n) is 4.26. The molecule has 0 saturated heterocycles. The van der Waals surface area contributed by atoms with Gasteiger partial charge in [0.15, 0.2) is 0 Å². The minimum atomic E-state index is 0.621. The summed E-state index contributed by atoms with van der Waals surface area (Å²) in [7, 11) is 3.59. The average molecular weight is 232 g/mol. The van der Waals surface area contributed by atoms with E-state index >= 15 is 0 Å². The van der Waals surface area contributed by atoms with Crippen LogP contribution < -0.4 is 9.64 Å². The van der Waals surface area contributed by atoms with Gasteiger partial charge in [-0.25, -0.2) is 0 Å². The summed E-state index contributed by atoms with van der Waals surface area (Å²) >= 11 is 10.2. The van der Waals surface area contributed by atoms with Gasteiger partial charge in [0.1, 0.15) is 5.75 Å². The molecule has 0 fully saturated rings. The summed E-state index contributed by atoms with van der Waals surface area (Å²) in [5.74, 6) is 1.44. The Balaban J connectivity index is 3.19. The SMILES string of the molecule is COc1cc(C)c(Cl)cc1N(C)CS. The maximum absolute atomic E-state index is 6.04. The lowest BCUT2D eigenvalue weighted by Crippen LogP contribution is -2.15. The van der Waals surface area contributed by atoms with Gasteiger partial charge < -0.3 is 9.64 Å². The van der Waals surface area contributed by atoms with Crippen molar-refractivity contribution in [1.82, 2.24) is 0 Å². The molecule has 0 bridgehead atoms. The molecule has 0 aliphatic carbocycles. The van der Waals surface area contributed by atoms with Gasteiger partial charge in [0.2, 0.25) is 0 Å². The Bertz CT molecular complexity index is 330. The molecule has 14 heavy (non-hydrogen) atoms. The molecule has 0 saturated carbocycles. The zero-order chi connectivity index (χ0) is 10.7. The van der Waals surface area contributed by atoms with Crippen LogP contribution in [-0.2, 0) is 0 Å². The van der Waals surface area contributed by atoms with Gasteiger partial charge in [0, 0.05) is 12.1 Å². The van der Waals surface area contributed by atoms with Crippen LogP contribution in [0, 0.1) is 6.92 Å². The zero-order valence-corrected chi connectivity index (χ0v) is 10.2. The molecule has 1 aromatic carbocycles. The van der Waals surface area contributed by atoms with Crippen molar-refractivity contribution in [3.05, 3.63) is 22.7 Å². The van der Waals surface area contributed by atoms with E-state index in [1.165, 1.54) is 0 Å². The molecular formula is C10H14ClNOS. The van der Waals surface area contributed by atoms with Crippen LogP contribution in [0.3, 0.4) is 0 Å². The van der Waals surface area contributed by atoms with Crippen molar-refractivity contribution in [3.8, 4) is 5.75 Å². The van der Waals surface area contributed by atoms with Crippen molar-refractivity contribution in [1.29, 1.82) is 0 Å². The number of nitrogens with zero attached hydrogens (tertiary/aromatic N) is 1. The Hall–Kier alpha value is -0.540. The fourth-order valence-corrected chi connectivity index (χ4v) is 1.49. The highest BCUT2D eigenvalue weighted by Crippen LogP contribution is 2.33. The van der Waals surface area contributed by atoms with E-state index in [-0.39, 0.29) is 0 Å². The van der Waals surface area contributed by atoms with E-state index in [4.69, 9.17) is 16.3 Å². The van der Waals surface area contributed by atoms with Crippen LogP contribution in [0.1, 0.15) is 5.56 Å². The Morgan fingerprint density at radius 3 is 2.64 bits per heavy atom. The normalized spacial score (nSPS) is 10.1. The van der Waals surface area contributed by atoms with Gasteiger partial charge in [0.05, 0.1) is 18.7 Å². The third kappa shape index (κ3) is 2.28. The largest absolute Gasteiger partial charge is 0.495 e. The van der Waals surface area contributed by atoms with Crippen molar-refractivity contribution in [2.24, 2.45) is 0 Å². The molecule has 0 unspecified atom stereocenters. The molecule has 0 aliphatic heterocycles. The van der Waals surface area contributed by atoms with Crippen LogP contribution in [0.5, 0.6) is 5.75 Å². The number of ether oxygens (including phenoxy) is 1. The molecule has 0 amide bonds. The van der Waals surface area contributed by atoms with Crippen LogP contribution in [0.15, 0.2) is 12.1 Å². The van der Waals surface area contributed by atoms with Gasteiger partial charge >= 0.3 is 0 Å². The maximum atomic E-state index is 6.04. The topological polar surface area (TPSA) is 12.5 Å². The fraction of sp³-hybridized carbons (Fsp3) is 0.400. The second-order valence-corrected chi connectivity index (χ2v) is 3.80. The molecule has 0 aliphatic rings. The Morgan fingerprint density at radius 1 is 1.50 bits per heavy atom. The number of halogens is 1. The minimum Gasteiger partial charge on any atom is -0.495 e. The highest BCUT2D eigenvalue weighted by molar-refractivity contribution is 7.80. The minimum absolute atomic E-state index is 0.621. The monoisotopic (exact) mass is 231 g/mol. The van der Waals surface area contributed by atoms with E-state index in [0.717, 1.165) is 22.0 Å². The van der Waals surface area contributed by atoms with Gasteiger partial charge in [-0.1, -0.05) is 11.6 Å². The highest BCUT2D eigenvalue weighted by Gasteiger charge is 2.09. The lowest BCUT2D eigenvalue weighted by molar-refractivity contribution is 0.415. The summed E-state index contributed by atoms with van der Waals surface area (Å²) in [5.41, 5.74) is 1.97. The molecule has 2 nitrogen and oxygen atoms in total. The van der Waals surface area contributed by atoms with Crippen molar-refractivity contribution < 1.29 is 4.74 Å². The number of rotatable bonds is 3. The molecule has 4 heteroatoms. The molecule has 1 aromatic rings. The van der Waals surface area contributed by atoms with E-state index in [2.05, 4.69) is 12.6 Å². The number of aryl methyl sites for hydroxylation is 1. The molecule has 0 N–H and O–H groups in total. The van der Waals surface area contributed by atoms with Gasteiger partial charge in [-0.3, -0.25) is 0 Å². The molecule has 0 atom stereocenters. The van der Waals surface area contributed by atoms with Crippen molar-refractivity contribution >= 4 is 29.9 Å². The third-order valence-corrected chi connectivity index (χ3v) is 2.91. The summed E-state index contributed by atoms with van der Waals surface area (Å²) in [6.45, 7) is 1.95. The second-order valence-electron chi connectivity index (χ2n) is 3.11. The summed E-state index contributed by atoms with van der Waals surface area (Å²) in [4.78, 5) is 1.97. The number of benzene rings is 1.